The van der Waals surface area contributed by atoms with Crippen LogP contribution in [0.5, 0.6) is 0 Å². The first kappa shape index (κ1) is 10.9. The van der Waals surface area contributed by atoms with E-state index >= 15 is 0 Å². The largest absolute Gasteiger partial charge is 0.312 e. The minimum Gasteiger partial charge on any atom is -0.312 e. The Bertz CT molecular complexity index is 404. The van der Waals surface area contributed by atoms with Crippen LogP contribution >= 0.6 is 0 Å². The van der Waals surface area contributed by atoms with Crippen LogP contribution in [0.25, 0.3) is 0 Å². The molecule has 2 aliphatic rings. The molecule has 0 radical (unpaired) electrons. The van der Waals surface area contributed by atoms with Gasteiger partial charge in [0.25, 0.3) is 11.8 Å². The van der Waals surface area contributed by atoms with E-state index in [-0.39, 0.29) is 11.8 Å². The summed E-state index contributed by atoms with van der Waals surface area (Å²) in [6, 6.07) is 0. The molecule has 86 valence electrons. The van der Waals surface area contributed by atoms with Gasteiger partial charge in [0.05, 0.1) is 11.1 Å². The Kier molecular flexibility index (Phi) is 2.37. The van der Waals surface area contributed by atoms with Gasteiger partial charge in [0.1, 0.15) is 0 Å². The molecule has 4 nitrogen and oxygen atoms in total. The van der Waals surface area contributed by atoms with E-state index in [1.807, 2.05) is 27.7 Å². The first-order valence-corrected chi connectivity index (χ1v) is 5.60. The number of fused-ring (bicyclic) bond motifs is 1. The topological polar surface area (TPSA) is 40.6 Å². The van der Waals surface area contributed by atoms with Gasteiger partial charge in [-0.25, -0.2) is 0 Å². The SMILES string of the molecule is CCN1C(=O)C2=C(C)N(CC)C(=O)C2=C1C. The van der Waals surface area contributed by atoms with Crippen LogP contribution in [0.2, 0.25) is 0 Å². The van der Waals surface area contributed by atoms with Crippen LogP contribution in [0.4, 0.5) is 0 Å². The Morgan fingerprint density at radius 3 is 1.38 bits per heavy atom. The van der Waals surface area contributed by atoms with E-state index < -0.39 is 0 Å². The number of hydrogen-bond donors (Lipinski definition) is 0. The third kappa shape index (κ3) is 1.10. The van der Waals surface area contributed by atoms with Crippen molar-refractivity contribution in [1.29, 1.82) is 0 Å². The van der Waals surface area contributed by atoms with E-state index in [1.165, 1.54) is 0 Å². The second-order valence-electron chi connectivity index (χ2n) is 4.02. The van der Waals surface area contributed by atoms with Crippen molar-refractivity contribution in [2.75, 3.05) is 13.1 Å². The van der Waals surface area contributed by atoms with Crippen molar-refractivity contribution in [2.24, 2.45) is 0 Å². The Morgan fingerprint density at radius 2 is 1.12 bits per heavy atom. The summed E-state index contributed by atoms with van der Waals surface area (Å²) in [5, 5.41) is 0. The van der Waals surface area contributed by atoms with Gasteiger partial charge in [-0.15, -0.1) is 0 Å². The standard InChI is InChI=1S/C12H16N2O2/c1-5-13-7(3)9-10(11(13)15)8(4)14(6-2)12(9)16/h5-6H2,1-4H3. The summed E-state index contributed by atoms with van der Waals surface area (Å²) in [7, 11) is 0. The molecule has 0 fully saturated rings. The van der Waals surface area contributed by atoms with Crippen LogP contribution in [-0.4, -0.2) is 34.7 Å². The lowest BCUT2D eigenvalue weighted by molar-refractivity contribution is -0.124. The van der Waals surface area contributed by atoms with Crippen molar-refractivity contribution < 1.29 is 9.59 Å². The van der Waals surface area contributed by atoms with Crippen molar-refractivity contribution in [1.82, 2.24) is 9.80 Å². The molecule has 0 N–H and O–H groups in total. The number of likely N-dealkylation sites (N-methyl/N-ethyl adjacent to an activating group) is 2. The van der Waals surface area contributed by atoms with Crippen molar-refractivity contribution >= 4 is 11.8 Å². The molecule has 0 unspecified atom stereocenters. The first-order valence-electron chi connectivity index (χ1n) is 5.60. The van der Waals surface area contributed by atoms with Gasteiger partial charge < -0.3 is 9.80 Å². The van der Waals surface area contributed by atoms with Crippen molar-refractivity contribution in [2.45, 2.75) is 27.7 Å². The average molecular weight is 220 g/mol. The Hall–Kier alpha value is -1.58. The smallest absolute Gasteiger partial charge is 0.260 e. The van der Waals surface area contributed by atoms with Gasteiger partial charge in [0, 0.05) is 24.5 Å². The van der Waals surface area contributed by atoms with E-state index in [1.54, 1.807) is 9.80 Å². The second-order valence-corrected chi connectivity index (χ2v) is 4.02. The lowest BCUT2D eigenvalue weighted by Gasteiger charge is -2.19. The summed E-state index contributed by atoms with van der Waals surface area (Å²) in [6.45, 7) is 8.75. The fourth-order valence-electron chi connectivity index (χ4n) is 2.49. The monoisotopic (exact) mass is 220 g/mol. The van der Waals surface area contributed by atoms with E-state index in [4.69, 9.17) is 0 Å². The molecular formula is C12H16N2O2. The molecule has 0 aromatic rings. The van der Waals surface area contributed by atoms with E-state index in [9.17, 15) is 9.59 Å². The number of allylic oxidation sites excluding steroid dienone is 2. The van der Waals surface area contributed by atoms with Gasteiger partial charge >= 0.3 is 0 Å². The number of carbonyl (C=O) groups excluding carboxylic acids is 2. The summed E-state index contributed by atoms with van der Waals surface area (Å²) in [5.74, 6) is -0.0615. The highest BCUT2D eigenvalue weighted by molar-refractivity contribution is 6.19. The molecule has 0 spiro atoms. The quantitative estimate of drug-likeness (QED) is 0.703. The molecule has 2 aliphatic heterocycles. The van der Waals surface area contributed by atoms with Crippen LogP contribution in [0, 0.1) is 0 Å². The molecule has 0 atom stereocenters. The van der Waals surface area contributed by atoms with Crippen molar-refractivity contribution in [3.8, 4) is 0 Å². The molecule has 2 amide bonds. The Balaban J connectivity index is 2.58. The Labute approximate surface area is 95.2 Å². The highest BCUT2D eigenvalue weighted by Crippen LogP contribution is 2.38. The summed E-state index contributed by atoms with van der Waals surface area (Å²) in [6.07, 6.45) is 0. The third-order valence-corrected chi connectivity index (χ3v) is 3.33. The number of hydrogen-bond acceptors (Lipinski definition) is 2. The maximum Gasteiger partial charge on any atom is 0.260 e. The lowest BCUT2D eigenvalue weighted by atomic mass is 10.1. The summed E-state index contributed by atoms with van der Waals surface area (Å²) in [5.41, 5.74) is 2.79. The van der Waals surface area contributed by atoms with E-state index in [0.29, 0.717) is 24.2 Å². The van der Waals surface area contributed by atoms with Gasteiger partial charge in [-0.05, 0) is 27.7 Å². The maximum absolute atomic E-state index is 12.1. The third-order valence-electron chi connectivity index (χ3n) is 3.33. The molecule has 0 aromatic heterocycles. The molecule has 16 heavy (non-hydrogen) atoms. The number of amides is 2. The number of nitrogens with zero attached hydrogens (tertiary/aromatic N) is 2. The van der Waals surface area contributed by atoms with Crippen LogP contribution in [0.3, 0.4) is 0 Å². The first-order chi connectivity index (χ1) is 7.54. The molecule has 0 aromatic carbocycles. The molecular weight excluding hydrogens is 204 g/mol. The highest BCUT2D eigenvalue weighted by atomic mass is 16.2. The minimum absolute atomic E-state index is 0.0307. The Morgan fingerprint density at radius 1 is 0.812 bits per heavy atom. The lowest BCUT2D eigenvalue weighted by Crippen LogP contribution is -2.29. The molecule has 0 saturated heterocycles. The van der Waals surface area contributed by atoms with Gasteiger partial charge in [-0.3, -0.25) is 9.59 Å². The molecule has 0 saturated carbocycles. The highest BCUT2D eigenvalue weighted by Gasteiger charge is 2.44. The number of carbonyl (C=O) groups is 2. The molecule has 0 aliphatic carbocycles. The summed E-state index contributed by atoms with van der Waals surface area (Å²) >= 11 is 0. The minimum atomic E-state index is -0.0307. The normalized spacial score (nSPS) is 20.5. The second kappa shape index (κ2) is 3.47. The molecule has 4 heteroatoms. The van der Waals surface area contributed by atoms with Gasteiger partial charge in [-0.2, -0.15) is 0 Å². The summed E-state index contributed by atoms with van der Waals surface area (Å²) < 4.78 is 0. The van der Waals surface area contributed by atoms with Gasteiger partial charge in [0.15, 0.2) is 0 Å². The van der Waals surface area contributed by atoms with Crippen molar-refractivity contribution in [3.05, 3.63) is 22.5 Å². The summed E-state index contributed by atoms with van der Waals surface area (Å²) in [4.78, 5) is 27.5. The van der Waals surface area contributed by atoms with E-state index in [2.05, 4.69) is 0 Å². The van der Waals surface area contributed by atoms with Gasteiger partial charge in [-0.1, -0.05) is 0 Å². The van der Waals surface area contributed by atoms with Crippen LogP contribution < -0.4 is 0 Å². The molecule has 2 rings (SSSR count). The van der Waals surface area contributed by atoms with Crippen molar-refractivity contribution in [3.63, 3.8) is 0 Å². The maximum atomic E-state index is 12.1. The van der Waals surface area contributed by atoms with Gasteiger partial charge in [0.2, 0.25) is 0 Å². The predicted molar refractivity (Wildman–Crippen MR) is 60.2 cm³/mol. The fourth-order valence-corrected chi connectivity index (χ4v) is 2.49. The number of rotatable bonds is 2. The average Bonchev–Trinajstić information content (AvgIpc) is 2.64. The van der Waals surface area contributed by atoms with Crippen LogP contribution in [-0.2, 0) is 9.59 Å². The zero-order valence-electron chi connectivity index (χ0n) is 10.1. The molecule has 2 heterocycles. The van der Waals surface area contributed by atoms with Crippen LogP contribution in [0.1, 0.15) is 27.7 Å². The van der Waals surface area contributed by atoms with Crippen LogP contribution in [0.15, 0.2) is 22.5 Å². The predicted octanol–water partition coefficient (Wildman–Crippen LogP) is 1.26. The molecule has 0 bridgehead atoms. The van der Waals surface area contributed by atoms with E-state index in [0.717, 1.165) is 11.4 Å². The zero-order valence-corrected chi connectivity index (χ0v) is 10.1. The zero-order chi connectivity index (χ0) is 12.0. The fraction of sp³-hybridized carbons (Fsp3) is 0.500.